The molecule has 14 heteroatoms. The van der Waals surface area contributed by atoms with Gasteiger partial charge in [0.2, 0.25) is 0 Å². The molecule has 22 N–H and O–H groups in total. The van der Waals surface area contributed by atoms with E-state index >= 15 is 0 Å². The summed E-state index contributed by atoms with van der Waals surface area (Å²) in [5.74, 6) is 0. The molecule has 0 saturated carbocycles. The van der Waals surface area contributed by atoms with Crippen LogP contribution >= 0.6 is 0 Å². The van der Waals surface area contributed by atoms with Gasteiger partial charge in [0.15, 0.2) is 0 Å². The van der Waals surface area contributed by atoms with Gasteiger partial charge in [0, 0.05) is 0 Å². The average molecular weight is 376 g/mol. The second-order valence-corrected chi connectivity index (χ2v) is 0.283. The maximum atomic E-state index is 8.56. The summed E-state index contributed by atoms with van der Waals surface area (Å²) in [4.78, 5) is 8.56. The van der Waals surface area contributed by atoms with Crippen LogP contribution in [0.15, 0.2) is 0 Å². The molecule has 0 aliphatic carbocycles. The third-order valence-corrected chi connectivity index (χ3v) is 0. The summed E-state index contributed by atoms with van der Waals surface area (Å²) in [6.45, 7) is 0. The first-order valence-corrected chi connectivity index (χ1v) is 0.651. The van der Waals surface area contributed by atoms with Gasteiger partial charge in [-0.25, -0.2) is 4.79 Å². The topological polar surface area (TPSA) is 373 Å². The van der Waals surface area contributed by atoms with Crippen molar-refractivity contribution in [3.63, 3.8) is 0 Å². The van der Waals surface area contributed by atoms with E-state index in [1.807, 2.05) is 0 Å². The Bertz CT molecular complexity index is 38.9. The molecule has 0 unspecified atom stereocenters. The van der Waals surface area contributed by atoms with Gasteiger partial charge < -0.3 is 66.4 Å². The number of carbonyl (C=O) groups is 1. The van der Waals surface area contributed by atoms with Crippen molar-refractivity contribution in [3.8, 4) is 0 Å². The summed E-state index contributed by atoms with van der Waals surface area (Å²) in [6, 6.07) is 0. The fourth-order valence-electron chi connectivity index (χ4n) is 0. The van der Waals surface area contributed by atoms with Gasteiger partial charge in [-0.2, -0.15) is 0 Å². The summed E-state index contributed by atoms with van der Waals surface area (Å²) in [7, 11) is 0. The van der Waals surface area contributed by atoms with Gasteiger partial charge in [0.05, 0.1) is 0 Å². The van der Waals surface area contributed by atoms with Crippen LogP contribution in [-0.4, -0.2) is 71.1 Å². The minimum Gasteiger partial charge on any atom is -1.00 e. The molecule has 0 aromatic carbocycles. The van der Waals surface area contributed by atoms with Crippen molar-refractivity contribution in [3.05, 3.63) is 0 Å². The van der Waals surface area contributed by atoms with Crippen LogP contribution in [0, 0.1) is 0 Å². The molecule has 0 amide bonds. The molecule has 0 radical (unpaired) electrons. The number of hydrogen-bond acceptors (Lipinski definition) is 1. The minimum atomic E-state index is -1.83. The van der Waals surface area contributed by atoms with Crippen molar-refractivity contribution in [1.29, 1.82) is 0 Å². The fourth-order valence-corrected chi connectivity index (χ4v) is 0. The Balaban J connectivity index is -0.000000000682. The second-order valence-electron chi connectivity index (χ2n) is 0.283. The zero-order valence-electron chi connectivity index (χ0n) is 8.80. The molecule has 0 aliphatic rings. The van der Waals surface area contributed by atoms with E-state index in [4.69, 9.17) is 15.0 Å². The van der Waals surface area contributed by atoms with Crippen LogP contribution < -0.4 is 68.9 Å². The Kier molecular flexibility index (Phi) is 2890. The Morgan fingerprint density at radius 1 is 0.600 bits per heavy atom. The van der Waals surface area contributed by atoms with Crippen LogP contribution in [0.2, 0.25) is 0 Å². The zero-order valence-corrected chi connectivity index (χ0v) is 14.1. The maximum absolute atomic E-state index is 8.56. The smallest absolute Gasteiger partial charge is 1.00 e. The Morgan fingerprint density at radius 3 is 0.600 bits per heavy atom. The molecule has 0 heterocycles. The molecule has 0 aromatic rings. The minimum absolute atomic E-state index is 0. The predicted octanol–water partition coefficient (Wildman–Crippen LogP) is -10.9. The van der Waals surface area contributed by atoms with Crippen molar-refractivity contribution in [2.45, 2.75) is 0 Å². The molecule has 0 bridgehead atoms. The third kappa shape index (κ3) is 2930. The summed E-state index contributed by atoms with van der Waals surface area (Å²) in [5.41, 5.74) is 0. The maximum Gasteiger partial charge on any atom is 1.00 e. The molecular weight excluding hydrogens is 353 g/mol. The van der Waals surface area contributed by atoms with Crippen molar-refractivity contribution in [1.82, 2.24) is 0 Å². The molecule has 106 valence electrons. The normalized spacial score (nSPS) is 1.60. The molecule has 13 nitrogen and oxygen atoms in total. The fraction of sp³-hybridized carbons (Fsp3) is 0. The molecule has 0 aliphatic heterocycles. The van der Waals surface area contributed by atoms with Gasteiger partial charge in [-0.15, -0.1) is 0 Å². The summed E-state index contributed by atoms with van der Waals surface area (Å²) >= 11 is 0. The molecule has 0 spiro atoms. The van der Waals surface area contributed by atoms with E-state index < -0.39 is 6.16 Å². The van der Waals surface area contributed by atoms with Crippen LogP contribution in [0.1, 0.15) is 1.43 Å². The van der Waals surface area contributed by atoms with Crippen molar-refractivity contribution < 1.29 is 140 Å². The van der Waals surface area contributed by atoms with Gasteiger partial charge in [0.1, 0.15) is 0 Å². The number of rotatable bonds is 0. The first-order valence-electron chi connectivity index (χ1n) is 0.651. The van der Waals surface area contributed by atoms with E-state index in [0.717, 1.165) is 0 Å². The van der Waals surface area contributed by atoms with Gasteiger partial charge in [-0.1, -0.05) is 0 Å². The van der Waals surface area contributed by atoms with E-state index in [0.29, 0.717) is 0 Å². The van der Waals surface area contributed by atoms with Crippen LogP contribution in [-0.2, 0) is 0 Å². The van der Waals surface area contributed by atoms with Crippen LogP contribution in [0.3, 0.4) is 0 Å². The Hall–Kier alpha value is 0.922. The van der Waals surface area contributed by atoms with Crippen molar-refractivity contribution >= 4 is 6.16 Å². The average Bonchev–Trinajstić information content (AvgIpc) is 0.811. The van der Waals surface area contributed by atoms with Gasteiger partial charge in [-0.3, -0.25) is 0 Å². The monoisotopic (exact) mass is 376 g/mol. The third-order valence-electron chi connectivity index (χ3n) is 0. The molecular formula is CH23CsO13. The first-order chi connectivity index (χ1) is 1.73. The van der Waals surface area contributed by atoms with E-state index in [1.54, 1.807) is 0 Å². The van der Waals surface area contributed by atoms with Gasteiger partial charge in [-0.05, 0) is 0 Å². The SMILES string of the molecule is O.O.O.O.O.O.O.O.O.O.O=C(O)O.[Cs+].[H-]. The summed E-state index contributed by atoms with van der Waals surface area (Å²) in [5, 5.41) is 13.9. The molecule has 0 rings (SSSR count). The zero-order chi connectivity index (χ0) is 3.58. The van der Waals surface area contributed by atoms with Crippen molar-refractivity contribution in [2.24, 2.45) is 0 Å². The van der Waals surface area contributed by atoms with Crippen LogP contribution in [0.4, 0.5) is 4.79 Å². The molecule has 0 aromatic heterocycles. The van der Waals surface area contributed by atoms with Gasteiger partial charge in [0.25, 0.3) is 0 Å². The van der Waals surface area contributed by atoms with E-state index in [-0.39, 0.29) is 125 Å². The Morgan fingerprint density at radius 2 is 0.600 bits per heavy atom. The van der Waals surface area contributed by atoms with Crippen molar-refractivity contribution in [2.75, 3.05) is 0 Å². The van der Waals surface area contributed by atoms with Crippen LogP contribution in [0.25, 0.3) is 0 Å². The number of carboxylic acid groups (broad SMARTS) is 2. The van der Waals surface area contributed by atoms with E-state index in [1.165, 1.54) is 0 Å². The molecule has 0 saturated heterocycles. The van der Waals surface area contributed by atoms with E-state index in [2.05, 4.69) is 0 Å². The molecule has 0 atom stereocenters. The summed E-state index contributed by atoms with van der Waals surface area (Å²) < 4.78 is 0. The number of hydrogen-bond donors (Lipinski definition) is 2. The van der Waals surface area contributed by atoms with Gasteiger partial charge >= 0.3 is 75.0 Å². The molecule has 0 fully saturated rings. The predicted molar refractivity (Wildman–Crippen MR) is 47.9 cm³/mol. The first kappa shape index (κ1) is 230. The largest absolute Gasteiger partial charge is 1.00 e. The quantitative estimate of drug-likeness (QED) is 0.416. The second kappa shape index (κ2) is 188. The standard InChI is InChI=1S/CH2O3.Cs.10H2O.H/c2-1(3)4;;;;;;;;;;;;/h(H2,2,3,4);;10*1H2;/q;+1;;;;;;;;;;;-1. The summed E-state index contributed by atoms with van der Waals surface area (Å²) in [6.07, 6.45) is -1.83. The van der Waals surface area contributed by atoms with Crippen LogP contribution in [0.5, 0.6) is 0 Å². The Labute approximate surface area is 144 Å². The van der Waals surface area contributed by atoms with E-state index in [9.17, 15) is 0 Å². The molecule has 15 heavy (non-hydrogen) atoms.